The molecule has 0 aromatic carbocycles. The molecule has 1 unspecified atom stereocenters. The zero-order chi connectivity index (χ0) is 5.98. The summed E-state index contributed by atoms with van der Waals surface area (Å²) in [5.41, 5.74) is 0. The Kier molecular flexibility index (Phi) is 1.35. The maximum Gasteiger partial charge on any atom is 0.148 e. The summed E-state index contributed by atoms with van der Waals surface area (Å²) < 4.78 is 4.78. The third-order valence-corrected chi connectivity index (χ3v) is 0.944. The van der Waals surface area contributed by atoms with E-state index < -0.39 is 6.10 Å². The fourth-order valence-electron chi connectivity index (χ4n) is 0.523. The van der Waals surface area contributed by atoms with Crippen LogP contribution in [0, 0.1) is 0 Å². The molecule has 1 rings (SSSR count). The van der Waals surface area contributed by atoms with E-state index in [2.05, 4.69) is 0 Å². The highest BCUT2D eigenvalue weighted by molar-refractivity contribution is 4.99. The second kappa shape index (κ2) is 2.01. The SMILES string of the molecule is CC([O])c1ccco1. The summed E-state index contributed by atoms with van der Waals surface area (Å²) in [5, 5.41) is 10.5. The number of hydrogen-bond acceptors (Lipinski definition) is 1. The van der Waals surface area contributed by atoms with E-state index in [1.54, 1.807) is 19.1 Å². The van der Waals surface area contributed by atoms with Gasteiger partial charge in [0.15, 0.2) is 0 Å². The molecule has 2 nitrogen and oxygen atoms in total. The smallest absolute Gasteiger partial charge is 0.148 e. The van der Waals surface area contributed by atoms with Crippen LogP contribution in [0.3, 0.4) is 0 Å². The highest BCUT2D eigenvalue weighted by atomic mass is 16.4. The fraction of sp³-hybridized carbons (Fsp3) is 0.333. The zero-order valence-electron chi connectivity index (χ0n) is 4.63. The van der Waals surface area contributed by atoms with Gasteiger partial charge in [0.25, 0.3) is 0 Å². The molecule has 0 aliphatic carbocycles. The van der Waals surface area contributed by atoms with E-state index in [0.29, 0.717) is 5.76 Å². The molecule has 1 radical (unpaired) electrons. The quantitative estimate of drug-likeness (QED) is 0.543. The fourth-order valence-corrected chi connectivity index (χ4v) is 0.523. The maximum absolute atomic E-state index is 10.5. The summed E-state index contributed by atoms with van der Waals surface area (Å²) in [5.74, 6) is 0.505. The van der Waals surface area contributed by atoms with E-state index in [1.165, 1.54) is 6.26 Å². The van der Waals surface area contributed by atoms with Crippen molar-refractivity contribution in [1.82, 2.24) is 0 Å². The Morgan fingerprint density at radius 2 is 2.50 bits per heavy atom. The predicted molar refractivity (Wildman–Crippen MR) is 27.8 cm³/mol. The van der Waals surface area contributed by atoms with Crippen molar-refractivity contribution in [2.24, 2.45) is 0 Å². The zero-order valence-corrected chi connectivity index (χ0v) is 4.63. The lowest BCUT2D eigenvalue weighted by Gasteiger charge is -1.91. The van der Waals surface area contributed by atoms with Crippen molar-refractivity contribution in [1.29, 1.82) is 0 Å². The van der Waals surface area contributed by atoms with Gasteiger partial charge in [0.1, 0.15) is 11.9 Å². The van der Waals surface area contributed by atoms with Crippen LogP contribution in [-0.4, -0.2) is 0 Å². The lowest BCUT2D eigenvalue weighted by Crippen LogP contribution is -1.82. The molecule has 1 aromatic heterocycles. The van der Waals surface area contributed by atoms with Crippen LogP contribution in [0.5, 0.6) is 0 Å². The second-order valence-corrected chi connectivity index (χ2v) is 1.66. The van der Waals surface area contributed by atoms with Crippen LogP contribution in [0.25, 0.3) is 0 Å². The molecule has 0 bridgehead atoms. The summed E-state index contributed by atoms with van der Waals surface area (Å²) in [6.07, 6.45) is 0.772. The van der Waals surface area contributed by atoms with E-state index in [-0.39, 0.29) is 0 Å². The van der Waals surface area contributed by atoms with Gasteiger partial charge < -0.3 is 4.42 Å². The minimum Gasteiger partial charge on any atom is -0.466 e. The van der Waals surface area contributed by atoms with Crippen molar-refractivity contribution < 1.29 is 9.52 Å². The van der Waals surface area contributed by atoms with E-state index in [9.17, 15) is 5.11 Å². The van der Waals surface area contributed by atoms with Gasteiger partial charge in [-0.25, -0.2) is 5.11 Å². The van der Waals surface area contributed by atoms with E-state index in [4.69, 9.17) is 4.42 Å². The molecule has 0 spiro atoms. The van der Waals surface area contributed by atoms with Crippen molar-refractivity contribution in [3.05, 3.63) is 24.2 Å². The molecule has 8 heavy (non-hydrogen) atoms. The highest BCUT2D eigenvalue weighted by Gasteiger charge is 2.02. The molecule has 0 N–H and O–H groups in total. The molecular formula is C6H7O2. The first kappa shape index (κ1) is 5.38. The highest BCUT2D eigenvalue weighted by Crippen LogP contribution is 2.11. The van der Waals surface area contributed by atoms with Crippen LogP contribution in [-0.2, 0) is 5.11 Å². The number of rotatable bonds is 1. The third-order valence-electron chi connectivity index (χ3n) is 0.944. The van der Waals surface area contributed by atoms with Crippen LogP contribution < -0.4 is 0 Å². The first-order valence-electron chi connectivity index (χ1n) is 2.50. The number of furan rings is 1. The minimum atomic E-state index is -0.731. The molecule has 0 aliphatic rings. The van der Waals surface area contributed by atoms with Crippen molar-refractivity contribution in [3.8, 4) is 0 Å². The van der Waals surface area contributed by atoms with Crippen LogP contribution in [0.4, 0.5) is 0 Å². The molecule has 2 heteroatoms. The molecule has 0 fully saturated rings. The van der Waals surface area contributed by atoms with Crippen LogP contribution in [0.2, 0.25) is 0 Å². The maximum atomic E-state index is 10.5. The van der Waals surface area contributed by atoms with Crippen molar-refractivity contribution in [2.45, 2.75) is 13.0 Å². The topological polar surface area (TPSA) is 33.0 Å². The molecule has 0 amide bonds. The van der Waals surface area contributed by atoms with Gasteiger partial charge in [-0.2, -0.15) is 0 Å². The standard InChI is InChI=1S/C6H7O2/c1-5(7)6-3-2-4-8-6/h2-5H,1H3. The Balaban J connectivity index is 2.77. The molecule has 1 heterocycles. The van der Waals surface area contributed by atoms with Gasteiger partial charge in [-0.1, -0.05) is 0 Å². The first-order valence-corrected chi connectivity index (χ1v) is 2.50. The van der Waals surface area contributed by atoms with E-state index in [0.717, 1.165) is 0 Å². The Morgan fingerprint density at radius 3 is 2.75 bits per heavy atom. The van der Waals surface area contributed by atoms with Gasteiger partial charge in [-0.3, -0.25) is 0 Å². The Morgan fingerprint density at radius 1 is 1.75 bits per heavy atom. The normalized spacial score (nSPS) is 13.8. The first-order chi connectivity index (χ1) is 3.80. The average molecular weight is 111 g/mol. The predicted octanol–water partition coefficient (Wildman–Crippen LogP) is 1.77. The molecule has 1 aromatic rings. The van der Waals surface area contributed by atoms with E-state index in [1.807, 2.05) is 0 Å². The summed E-state index contributed by atoms with van der Waals surface area (Å²) in [6, 6.07) is 3.39. The molecular weight excluding hydrogens is 104 g/mol. The summed E-state index contributed by atoms with van der Waals surface area (Å²) >= 11 is 0. The minimum absolute atomic E-state index is 0.505. The Bertz CT molecular complexity index is 142. The van der Waals surface area contributed by atoms with Gasteiger partial charge in [0.05, 0.1) is 6.26 Å². The molecule has 0 saturated carbocycles. The largest absolute Gasteiger partial charge is 0.466 e. The van der Waals surface area contributed by atoms with Gasteiger partial charge in [0, 0.05) is 0 Å². The molecule has 0 saturated heterocycles. The molecule has 0 aliphatic heterocycles. The van der Waals surface area contributed by atoms with Crippen LogP contribution >= 0.6 is 0 Å². The number of hydrogen-bond donors (Lipinski definition) is 0. The second-order valence-electron chi connectivity index (χ2n) is 1.66. The lowest BCUT2D eigenvalue weighted by atomic mass is 10.3. The van der Waals surface area contributed by atoms with Crippen molar-refractivity contribution in [2.75, 3.05) is 0 Å². The van der Waals surface area contributed by atoms with Gasteiger partial charge >= 0.3 is 0 Å². The van der Waals surface area contributed by atoms with Gasteiger partial charge in [0.2, 0.25) is 0 Å². The summed E-state index contributed by atoms with van der Waals surface area (Å²) in [6.45, 7) is 1.55. The van der Waals surface area contributed by atoms with Gasteiger partial charge in [-0.15, -0.1) is 0 Å². The average Bonchev–Trinajstić information content (AvgIpc) is 2.12. The van der Waals surface area contributed by atoms with Crippen molar-refractivity contribution >= 4 is 0 Å². The van der Waals surface area contributed by atoms with Crippen LogP contribution in [0.1, 0.15) is 18.8 Å². The molecule has 43 valence electrons. The third kappa shape index (κ3) is 0.898. The van der Waals surface area contributed by atoms with Crippen LogP contribution in [0.15, 0.2) is 22.8 Å². The van der Waals surface area contributed by atoms with Gasteiger partial charge in [-0.05, 0) is 19.1 Å². The van der Waals surface area contributed by atoms with E-state index >= 15 is 0 Å². The summed E-state index contributed by atoms with van der Waals surface area (Å²) in [4.78, 5) is 0. The lowest BCUT2D eigenvalue weighted by molar-refractivity contribution is 0.0856. The Labute approximate surface area is 47.7 Å². The Hall–Kier alpha value is -0.760. The molecule has 1 atom stereocenters. The monoisotopic (exact) mass is 111 g/mol. The summed E-state index contributed by atoms with van der Waals surface area (Å²) in [7, 11) is 0. The van der Waals surface area contributed by atoms with Crippen molar-refractivity contribution in [3.63, 3.8) is 0 Å².